The number of nitrogens with zero attached hydrogens (tertiary/aromatic N) is 4. The number of benzene rings is 3. The monoisotopic (exact) mass is 550 g/mol. The predicted molar refractivity (Wildman–Crippen MR) is 136 cm³/mol. The van der Waals surface area contributed by atoms with Crippen LogP contribution in [0, 0.1) is 0 Å². The molecule has 4 aromatic rings. The van der Waals surface area contributed by atoms with E-state index in [4.69, 9.17) is 0 Å². The van der Waals surface area contributed by atoms with E-state index in [0.717, 1.165) is 28.7 Å². The zero-order chi connectivity index (χ0) is 28.3. The van der Waals surface area contributed by atoms with E-state index in [1.807, 2.05) is 6.07 Å². The zero-order valence-electron chi connectivity index (χ0n) is 20.6. The van der Waals surface area contributed by atoms with Crippen LogP contribution < -0.4 is 20.9 Å². The van der Waals surface area contributed by atoms with Gasteiger partial charge in [0.1, 0.15) is 0 Å². The number of carbonyl (C=O) groups is 3. The number of aromatic nitrogens is 4. The van der Waals surface area contributed by atoms with Crippen molar-refractivity contribution in [3.8, 4) is 0 Å². The summed E-state index contributed by atoms with van der Waals surface area (Å²) in [4.78, 5) is 41.6. The molecule has 4 amide bonds. The van der Waals surface area contributed by atoms with Crippen LogP contribution in [0.1, 0.15) is 27.0 Å². The first kappa shape index (κ1) is 26.3. The number of nitrogens with one attached hydrogen (secondary N) is 4. The van der Waals surface area contributed by atoms with Gasteiger partial charge in [0.05, 0.1) is 17.8 Å². The number of fused-ring (bicyclic) bond motifs is 1. The van der Waals surface area contributed by atoms with Crippen LogP contribution in [0.4, 0.5) is 29.6 Å². The molecule has 40 heavy (non-hydrogen) atoms. The minimum absolute atomic E-state index is 0.143. The van der Waals surface area contributed by atoms with Crippen molar-refractivity contribution in [2.75, 3.05) is 16.8 Å². The number of halogens is 3. The van der Waals surface area contributed by atoms with Gasteiger partial charge in [0.25, 0.3) is 17.8 Å². The summed E-state index contributed by atoms with van der Waals surface area (Å²) in [5.74, 6) is -1.77. The maximum Gasteiger partial charge on any atom is 0.416 e. The molecule has 0 saturated carbocycles. The molecule has 0 spiro atoms. The summed E-state index contributed by atoms with van der Waals surface area (Å²) in [5.41, 5.74) is -1.83. The van der Waals surface area contributed by atoms with Gasteiger partial charge in [-0.2, -0.15) is 18.4 Å². The zero-order valence-corrected chi connectivity index (χ0v) is 20.6. The van der Waals surface area contributed by atoms with E-state index in [1.54, 1.807) is 42.5 Å². The first-order valence-corrected chi connectivity index (χ1v) is 11.9. The molecule has 0 aliphatic carbocycles. The van der Waals surface area contributed by atoms with Gasteiger partial charge in [-0.05, 0) is 35.0 Å². The normalized spacial score (nSPS) is 16.2. The Hall–Kier alpha value is -5.27. The second-order valence-electron chi connectivity index (χ2n) is 8.88. The fourth-order valence-electron chi connectivity index (χ4n) is 4.44. The lowest BCUT2D eigenvalue weighted by Gasteiger charge is -2.30. The van der Waals surface area contributed by atoms with Crippen LogP contribution in [0.15, 0.2) is 78.9 Å². The van der Waals surface area contributed by atoms with Gasteiger partial charge in [0.15, 0.2) is 5.54 Å². The van der Waals surface area contributed by atoms with E-state index in [0.29, 0.717) is 0 Å². The molecule has 14 heteroatoms. The van der Waals surface area contributed by atoms with Gasteiger partial charge in [0.2, 0.25) is 0 Å². The van der Waals surface area contributed by atoms with Crippen LogP contribution in [0.3, 0.4) is 0 Å². The second-order valence-corrected chi connectivity index (χ2v) is 8.88. The molecule has 204 valence electrons. The number of amides is 4. The molecule has 1 atom stereocenters. The van der Waals surface area contributed by atoms with Crippen LogP contribution >= 0.6 is 0 Å². The minimum atomic E-state index is -4.66. The first-order chi connectivity index (χ1) is 19.2. The van der Waals surface area contributed by atoms with Crippen molar-refractivity contribution in [3.05, 3.63) is 101 Å². The quantitative estimate of drug-likeness (QED) is 0.290. The largest absolute Gasteiger partial charge is 0.416 e. The van der Waals surface area contributed by atoms with Crippen molar-refractivity contribution < 1.29 is 27.6 Å². The van der Waals surface area contributed by atoms with Crippen molar-refractivity contribution in [2.45, 2.75) is 18.3 Å². The van der Waals surface area contributed by atoms with Crippen LogP contribution in [-0.2, 0) is 23.1 Å². The summed E-state index contributed by atoms with van der Waals surface area (Å²) >= 11 is 0. The van der Waals surface area contributed by atoms with Crippen molar-refractivity contribution in [2.24, 2.45) is 0 Å². The maximum atomic E-state index is 13.7. The fourth-order valence-corrected chi connectivity index (χ4v) is 4.44. The Balaban J connectivity index is 1.50. The third kappa shape index (κ3) is 5.18. The molecule has 5 rings (SSSR count). The van der Waals surface area contributed by atoms with Crippen LogP contribution in [-0.4, -0.2) is 45.0 Å². The Morgan fingerprint density at radius 1 is 0.975 bits per heavy atom. The van der Waals surface area contributed by atoms with Gasteiger partial charge in [-0.3, -0.25) is 14.9 Å². The summed E-state index contributed by atoms with van der Waals surface area (Å²) in [6.45, 7) is -0.284. The lowest BCUT2D eigenvalue weighted by Crippen LogP contribution is -2.59. The van der Waals surface area contributed by atoms with E-state index >= 15 is 0 Å². The molecule has 4 N–H and O–H groups in total. The predicted octanol–water partition coefficient (Wildman–Crippen LogP) is 3.21. The molecule has 0 radical (unpaired) electrons. The van der Waals surface area contributed by atoms with Gasteiger partial charge < -0.3 is 15.5 Å². The average molecular weight is 551 g/mol. The van der Waals surface area contributed by atoms with Crippen molar-refractivity contribution in [1.82, 2.24) is 31.3 Å². The Labute approximate surface area is 224 Å². The second kappa shape index (κ2) is 10.5. The minimum Gasteiger partial charge on any atom is -0.334 e. The van der Waals surface area contributed by atoms with E-state index in [-0.39, 0.29) is 29.3 Å². The highest BCUT2D eigenvalue weighted by molar-refractivity contribution is 6.12. The molecule has 0 bridgehead atoms. The lowest BCUT2D eigenvalue weighted by molar-refractivity contribution is -0.137. The van der Waals surface area contributed by atoms with E-state index in [9.17, 15) is 27.6 Å². The number of hydrogen-bond donors (Lipinski definition) is 4. The smallest absolute Gasteiger partial charge is 0.334 e. The molecule has 2 heterocycles. The maximum absolute atomic E-state index is 13.7. The molecule has 1 aliphatic rings. The summed E-state index contributed by atoms with van der Waals surface area (Å²) in [7, 11) is 0. The highest BCUT2D eigenvalue weighted by Crippen LogP contribution is 2.41. The Morgan fingerprint density at radius 3 is 2.45 bits per heavy atom. The topological polar surface area (TPSA) is 145 Å². The molecule has 3 aromatic carbocycles. The highest BCUT2D eigenvalue weighted by Gasteiger charge is 2.52. The summed E-state index contributed by atoms with van der Waals surface area (Å²) in [5, 5.41) is 20.9. The number of hydrogen-bond acceptors (Lipinski definition) is 6. The first-order valence-electron chi connectivity index (χ1n) is 11.9. The number of para-hydroxylation sites is 1. The SMILES string of the molecule is O=C(NCc1ccccc1)N[C@]1(C(=O)Nc2nn[nH]n2)CN(C(=O)c2cccc(C(F)(F)F)c2)c2ccccc21. The third-order valence-electron chi connectivity index (χ3n) is 6.31. The number of urea groups is 1. The highest BCUT2D eigenvalue weighted by atomic mass is 19.4. The van der Waals surface area contributed by atoms with Crippen LogP contribution in [0.25, 0.3) is 0 Å². The molecular formula is C26H21F3N8O3. The molecule has 11 nitrogen and oxygen atoms in total. The molecule has 1 aromatic heterocycles. The number of rotatable bonds is 6. The summed E-state index contributed by atoms with van der Waals surface area (Å²) < 4.78 is 40.0. The number of carbonyl (C=O) groups excluding carboxylic acids is 3. The van der Waals surface area contributed by atoms with Crippen LogP contribution in [0.2, 0.25) is 0 Å². The number of anilines is 2. The summed E-state index contributed by atoms with van der Waals surface area (Å²) in [6, 6.07) is 18.6. The van der Waals surface area contributed by atoms with Gasteiger partial charge in [-0.25, -0.2) is 4.79 Å². The van der Waals surface area contributed by atoms with Gasteiger partial charge >= 0.3 is 12.2 Å². The number of tetrazole rings is 1. The molecular weight excluding hydrogens is 529 g/mol. The van der Waals surface area contributed by atoms with E-state index in [1.165, 1.54) is 12.1 Å². The van der Waals surface area contributed by atoms with Gasteiger partial charge in [-0.1, -0.05) is 59.7 Å². The van der Waals surface area contributed by atoms with E-state index in [2.05, 4.69) is 36.6 Å². The van der Waals surface area contributed by atoms with Crippen molar-refractivity contribution >= 4 is 29.5 Å². The molecule has 1 aliphatic heterocycles. The summed E-state index contributed by atoms with van der Waals surface area (Å²) in [6.07, 6.45) is -4.66. The fraction of sp³-hybridized carbons (Fsp3) is 0.154. The van der Waals surface area contributed by atoms with Crippen LogP contribution in [0.5, 0.6) is 0 Å². The Kier molecular flexibility index (Phi) is 6.90. The third-order valence-corrected chi connectivity index (χ3v) is 6.31. The number of H-pyrrole nitrogens is 1. The van der Waals surface area contributed by atoms with Crippen molar-refractivity contribution in [3.63, 3.8) is 0 Å². The standard InChI is InChI=1S/C26H21F3N8O3/c27-26(28,29)18-10-6-9-17(13-18)21(38)37-15-25(19-11-4-5-12-20(19)37,22(39)31-23-33-35-36-34-23)32-24(40)30-14-16-7-2-1-3-8-16/h1-13H,14-15H2,(H2,30,32,40)(H2,31,33,34,35,36,39)/t25-/m1/s1. The molecule has 0 fully saturated rings. The van der Waals surface area contributed by atoms with E-state index < -0.39 is 41.7 Å². The number of alkyl halides is 3. The average Bonchev–Trinajstić information content (AvgIpc) is 3.58. The Bertz CT molecular complexity index is 1550. The van der Waals surface area contributed by atoms with Crippen molar-refractivity contribution in [1.29, 1.82) is 0 Å². The molecule has 0 unspecified atom stereocenters. The number of aromatic amines is 1. The van der Waals surface area contributed by atoms with Gasteiger partial charge in [0, 0.05) is 17.7 Å². The lowest BCUT2D eigenvalue weighted by atomic mass is 9.91. The van der Waals surface area contributed by atoms with Gasteiger partial charge in [-0.15, -0.1) is 5.10 Å². The Morgan fingerprint density at radius 2 is 1.73 bits per heavy atom. The molecule has 0 saturated heterocycles.